The molecule has 4 nitrogen and oxygen atoms in total. The fourth-order valence-corrected chi connectivity index (χ4v) is 0.793. The molecule has 0 radical (unpaired) electrons. The third-order valence-electron chi connectivity index (χ3n) is 1.25. The van der Waals surface area contributed by atoms with Gasteiger partial charge < -0.3 is 5.73 Å². The van der Waals surface area contributed by atoms with E-state index in [2.05, 4.69) is 5.32 Å². The Balaban J connectivity index is 0.000001000. The quantitative estimate of drug-likeness (QED) is 0.617. The third-order valence-corrected chi connectivity index (χ3v) is 1.25. The van der Waals surface area contributed by atoms with Crippen LogP contribution < -0.4 is 11.1 Å². The third kappa shape index (κ3) is 2.44. The maximum atomic E-state index is 10.7. The Morgan fingerprint density at radius 1 is 1.45 bits per heavy atom. The van der Waals surface area contributed by atoms with Crippen LogP contribution in [0.5, 0.6) is 0 Å². The number of carbonyl (C=O) groups is 2. The first-order chi connectivity index (χ1) is 4.74. The molecule has 0 unspecified atom stereocenters. The number of rotatable bonds is 2. The molecule has 11 heavy (non-hydrogen) atoms. The zero-order valence-electron chi connectivity index (χ0n) is 5.79. The minimum Gasteiger partial charge on any atom is -0.330 e. The van der Waals surface area contributed by atoms with Gasteiger partial charge in [0, 0.05) is 11.6 Å². The van der Waals surface area contributed by atoms with Crippen molar-refractivity contribution in [3.8, 4) is 0 Å². The fraction of sp³-hybridized carbons (Fsp3) is 0.333. The Hall–Kier alpha value is -0.680. The number of nitrogens with one attached hydrogen (secondary N) is 1. The van der Waals surface area contributed by atoms with E-state index in [0.717, 1.165) is 0 Å². The smallest absolute Gasteiger partial charge is 0.254 e. The average molecular weight is 221 g/mol. The number of nitrogens with two attached hydrogens (primary N) is 1. The molecular weight excluding hydrogens is 212 g/mol. The molecule has 2 amide bonds. The summed E-state index contributed by atoms with van der Waals surface area (Å²) in [6, 6.07) is 0. The van der Waals surface area contributed by atoms with E-state index in [-0.39, 0.29) is 28.8 Å². The van der Waals surface area contributed by atoms with Crippen LogP contribution in [0.1, 0.15) is 6.42 Å². The first-order valence-corrected chi connectivity index (χ1v) is 3.00. The molecule has 0 aromatic heterocycles. The summed E-state index contributed by atoms with van der Waals surface area (Å²) in [4.78, 5) is 21.2. The molecule has 0 aromatic carbocycles. The van der Waals surface area contributed by atoms with Gasteiger partial charge in [-0.2, -0.15) is 0 Å². The minimum absolute atomic E-state index is 0. The Bertz CT molecular complexity index is 213. The summed E-state index contributed by atoms with van der Waals surface area (Å²) in [5, 5.41) is 2.13. The first kappa shape index (κ1) is 10.3. The molecule has 5 heteroatoms. The van der Waals surface area contributed by atoms with Gasteiger partial charge in [-0.15, -0.1) is 17.0 Å². The number of carbonyl (C=O) groups excluding carboxylic acids is 2. The van der Waals surface area contributed by atoms with E-state index in [1.165, 1.54) is 6.08 Å². The van der Waals surface area contributed by atoms with Crippen LogP contribution in [0, 0.1) is 0 Å². The Morgan fingerprint density at radius 3 is 2.45 bits per heavy atom. The molecule has 0 spiro atoms. The van der Waals surface area contributed by atoms with Crippen molar-refractivity contribution in [3.05, 3.63) is 11.6 Å². The molecule has 0 fully saturated rings. The lowest BCUT2D eigenvalue weighted by atomic mass is 10.2. The summed E-state index contributed by atoms with van der Waals surface area (Å²) in [6.45, 7) is 0.395. The lowest BCUT2D eigenvalue weighted by Gasteiger charge is -1.93. The van der Waals surface area contributed by atoms with Crippen LogP contribution in [0.25, 0.3) is 0 Å². The van der Waals surface area contributed by atoms with Gasteiger partial charge in [0.25, 0.3) is 11.8 Å². The van der Waals surface area contributed by atoms with E-state index >= 15 is 0 Å². The second-order valence-corrected chi connectivity index (χ2v) is 2.03. The SMILES string of the molecule is Br.NCCC1=CC(=O)NC1=O. The maximum Gasteiger partial charge on any atom is 0.254 e. The summed E-state index contributed by atoms with van der Waals surface area (Å²) >= 11 is 0. The average Bonchev–Trinajstić information content (AvgIpc) is 2.13. The van der Waals surface area contributed by atoms with Crippen molar-refractivity contribution in [2.24, 2.45) is 5.73 Å². The molecular formula is C6H9BrN2O2. The van der Waals surface area contributed by atoms with Crippen LogP contribution in [0.15, 0.2) is 11.6 Å². The van der Waals surface area contributed by atoms with Crippen molar-refractivity contribution < 1.29 is 9.59 Å². The van der Waals surface area contributed by atoms with Crippen molar-refractivity contribution in [1.29, 1.82) is 0 Å². The lowest BCUT2D eigenvalue weighted by molar-refractivity contribution is -0.123. The minimum atomic E-state index is -0.339. The predicted molar refractivity (Wildman–Crippen MR) is 45.2 cm³/mol. The van der Waals surface area contributed by atoms with Gasteiger partial charge >= 0.3 is 0 Å². The first-order valence-electron chi connectivity index (χ1n) is 3.00. The van der Waals surface area contributed by atoms with Crippen LogP contribution in [0.2, 0.25) is 0 Å². The van der Waals surface area contributed by atoms with Gasteiger partial charge in [0.1, 0.15) is 0 Å². The van der Waals surface area contributed by atoms with Crippen molar-refractivity contribution in [1.82, 2.24) is 5.32 Å². The number of halogens is 1. The Morgan fingerprint density at radius 2 is 2.09 bits per heavy atom. The van der Waals surface area contributed by atoms with Gasteiger partial charge in [-0.05, 0) is 13.0 Å². The van der Waals surface area contributed by atoms with Crippen LogP contribution >= 0.6 is 17.0 Å². The van der Waals surface area contributed by atoms with Crippen LogP contribution in [-0.4, -0.2) is 18.4 Å². The molecule has 3 N–H and O–H groups in total. The number of amides is 2. The second kappa shape index (κ2) is 4.25. The molecule has 0 saturated carbocycles. The van der Waals surface area contributed by atoms with E-state index in [9.17, 15) is 9.59 Å². The van der Waals surface area contributed by atoms with E-state index in [0.29, 0.717) is 18.5 Å². The van der Waals surface area contributed by atoms with E-state index in [4.69, 9.17) is 5.73 Å². The highest BCUT2D eigenvalue weighted by molar-refractivity contribution is 8.93. The summed E-state index contributed by atoms with van der Waals surface area (Å²) in [7, 11) is 0. The second-order valence-electron chi connectivity index (χ2n) is 2.03. The van der Waals surface area contributed by atoms with Gasteiger partial charge in [-0.1, -0.05) is 0 Å². The lowest BCUT2D eigenvalue weighted by Crippen LogP contribution is -2.22. The molecule has 0 aromatic rings. The predicted octanol–water partition coefficient (Wildman–Crippen LogP) is -0.504. The summed E-state index contributed by atoms with van der Waals surface area (Å²) in [5.74, 6) is -0.649. The van der Waals surface area contributed by atoms with Gasteiger partial charge in [0.2, 0.25) is 0 Å². The van der Waals surface area contributed by atoms with Crippen molar-refractivity contribution in [2.45, 2.75) is 6.42 Å². The van der Waals surface area contributed by atoms with E-state index in [1.54, 1.807) is 0 Å². The van der Waals surface area contributed by atoms with E-state index < -0.39 is 0 Å². The molecule has 0 aliphatic carbocycles. The van der Waals surface area contributed by atoms with Crippen molar-refractivity contribution in [3.63, 3.8) is 0 Å². The molecule has 0 atom stereocenters. The van der Waals surface area contributed by atoms with E-state index in [1.807, 2.05) is 0 Å². The molecule has 62 valence electrons. The largest absolute Gasteiger partial charge is 0.330 e. The number of hydrogen-bond acceptors (Lipinski definition) is 3. The topological polar surface area (TPSA) is 72.2 Å². The zero-order chi connectivity index (χ0) is 7.56. The highest BCUT2D eigenvalue weighted by Crippen LogP contribution is 2.04. The highest BCUT2D eigenvalue weighted by atomic mass is 79.9. The summed E-state index contributed by atoms with van der Waals surface area (Å²) in [5.41, 5.74) is 5.66. The fourth-order valence-electron chi connectivity index (χ4n) is 0.793. The van der Waals surface area contributed by atoms with Gasteiger partial charge in [-0.25, -0.2) is 0 Å². The number of imide groups is 1. The zero-order valence-corrected chi connectivity index (χ0v) is 7.51. The maximum absolute atomic E-state index is 10.7. The van der Waals surface area contributed by atoms with Crippen LogP contribution in [0.3, 0.4) is 0 Å². The van der Waals surface area contributed by atoms with Crippen molar-refractivity contribution in [2.75, 3.05) is 6.54 Å². The molecule has 1 rings (SSSR count). The normalized spacial score (nSPS) is 15.5. The van der Waals surface area contributed by atoms with Crippen molar-refractivity contribution >= 4 is 28.8 Å². The molecule has 1 aliphatic rings. The Kier molecular flexibility index (Phi) is 3.99. The van der Waals surface area contributed by atoms with Gasteiger partial charge in [0.15, 0.2) is 0 Å². The Labute approximate surface area is 74.6 Å². The van der Waals surface area contributed by atoms with Gasteiger partial charge in [0.05, 0.1) is 0 Å². The number of hydrogen-bond donors (Lipinski definition) is 2. The standard InChI is InChI=1S/C6H8N2O2.BrH/c7-2-1-4-3-5(9)8-6(4)10;/h3H,1-2,7H2,(H,8,9,10);1H. The molecule has 1 heterocycles. The van der Waals surface area contributed by atoms with Gasteiger partial charge in [-0.3, -0.25) is 14.9 Å². The van der Waals surface area contributed by atoms with Crippen LogP contribution in [-0.2, 0) is 9.59 Å². The monoisotopic (exact) mass is 220 g/mol. The molecule has 1 aliphatic heterocycles. The molecule has 0 bridgehead atoms. The van der Waals surface area contributed by atoms with Crippen LogP contribution in [0.4, 0.5) is 0 Å². The highest BCUT2D eigenvalue weighted by Gasteiger charge is 2.18. The molecule has 0 saturated heterocycles. The summed E-state index contributed by atoms with van der Waals surface area (Å²) < 4.78 is 0. The summed E-state index contributed by atoms with van der Waals surface area (Å²) in [6.07, 6.45) is 1.76.